The van der Waals surface area contributed by atoms with Gasteiger partial charge in [-0.25, -0.2) is 9.97 Å². The molecule has 2 rings (SSSR count). The summed E-state index contributed by atoms with van der Waals surface area (Å²) in [7, 11) is 0. The van der Waals surface area contributed by atoms with E-state index in [-0.39, 0.29) is 5.56 Å². The van der Waals surface area contributed by atoms with Crippen LogP contribution in [0.1, 0.15) is 0 Å². The van der Waals surface area contributed by atoms with Crippen LogP contribution in [0.5, 0.6) is 0 Å². The van der Waals surface area contributed by atoms with E-state index in [2.05, 4.69) is 15.0 Å². The van der Waals surface area contributed by atoms with Crippen LogP contribution >= 0.6 is 0 Å². The van der Waals surface area contributed by atoms with E-state index in [1.165, 1.54) is 6.33 Å². The number of nitrogens with zero attached hydrogens (tertiary/aromatic N) is 3. The number of fused-ring (bicyclic) bond motifs is 1. The lowest BCUT2D eigenvalue weighted by Gasteiger charge is -1.96. The third-order valence-electron chi connectivity index (χ3n) is 2.01. The van der Waals surface area contributed by atoms with Crippen LogP contribution in [-0.2, 0) is 6.54 Å². The van der Waals surface area contributed by atoms with E-state index >= 15 is 0 Å². The fourth-order valence-corrected chi connectivity index (χ4v) is 1.31. The second kappa shape index (κ2) is 4.05. The number of imidazole rings is 1. The maximum absolute atomic E-state index is 11.3. The van der Waals surface area contributed by atoms with Gasteiger partial charge in [0.25, 0.3) is 5.56 Å². The molecule has 3 N–H and O–H groups in total. The Morgan fingerprint density at radius 2 is 2.33 bits per heavy atom. The molecule has 0 atom stereocenters. The van der Waals surface area contributed by atoms with Crippen LogP contribution in [0.3, 0.4) is 0 Å². The molecule has 15 heavy (non-hydrogen) atoms. The minimum Gasteiger partial charge on any atom is -0.327 e. The van der Waals surface area contributed by atoms with Crippen molar-refractivity contribution in [2.24, 2.45) is 5.73 Å². The van der Waals surface area contributed by atoms with Crippen molar-refractivity contribution in [2.75, 3.05) is 6.54 Å². The van der Waals surface area contributed by atoms with Crippen LogP contribution in [-0.4, -0.2) is 26.1 Å². The number of H-pyrrole nitrogens is 1. The molecule has 6 heteroatoms. The molecule has 6 nitrogen and oxygen atoms in total. The Bertz CT molecular complexity index is 539. The zero-order chi connectivity index (χ0) is 10.7. The van der Waals surface area contributed by atoms with Gasteiger partial charge in [0.15, 0.2) is 11.2 Å². The van der Waals surface area contributed by atoms with Gasteiger partial charge < -0.3 is 15.3 Å². The first-order valence-corrected chi connectivity index (χ1v) is 4.56. The van der Waals surface area contributed by atoms with Crippen LogP contribution in [0.4, 0.5) is 0 Å². The van der Waals surface area contributed by atoms with Gasteiger partial charge in [-0.3, -0.25) is 4.79 Å². The Morgan fingerprint density at radius 1 is 1.47 bits per heavy atom. The predicted molar refractivity (Wildman–Crippen MR) is 56.3 cm³/mol. The summed E-state index contributed by atoms with van der Waals surface area (Å²) in [5, 5.41) is 0. The Labute approximate surface area is 85.5 Å². The molecule has 0 fully saturated rings. The summed E-state index contributed by atoms with van der Waals surface area (Å²) in [4.78, 5) is 21.8. The molecular formula is C9H11N5O. The quantitative estimate of drug-likeness (QED) is 0.669. The largest absolute Gasteiger partial charge is 0.327 e. The summed E-state index contributed by atoms with van der Waals surface area (Å²) >= 11 is 0. The molecule has 0 saturated carbocycles. The number of aromatic nitrogens is 4. The molecule has 0 aliphatic carbocycles. The number of hydrogen-bond donors (Lipinski definition) is 2. The Balaban J connectivity index is 2.41. The van der Waals surface area contributed by atoms with Crippen molar-refractivity contribution in [1.82, 2.24) is 19.5 Å². The van der Waals surface area contributed by atoms with Crippen LogP contribution < -0.4 is 11.3 Å². The van der Waals surface area contributed by atoms with Gasteiger partial charge in [-0.15, -0.1) is 0 Å². The monoisotopic (exact) mass is 205 g/mol. The summed E-state index contributed by atoms with van der Waals surface area (Å²) in [6.45, 7) is 1.12. The summed E-state index contributed by atoms with van der Waals surface area (Å²) < 4.78 is 1.79. The van der Waals surface area contributed by atoms with Crippen LogP contribution in [0.2, 0.25) is 0 Å². The molecule has 0 saturated heterocycles. The van der Waals surface area contributed by atoms with Crippen molar-refractivity contribution >= 4 is 11.2 Å². The second-order valence-electron chi connectivity index (χ2n) is 3.01. The lowest BCUT2D eigenvalue weighted by atomic mass is 10.4. The van der Waals surface area contributed by atoms with Crippen molar-refractivity contribution in [2.45, 2.75) is 6.54 Å². The number of aromatic amines is 1. The number of allylic oxidation sites excluding steroid dienone is 1. The first-order valence-electron chi connectivity index (χ1n) is 4.56. The van der Waals surface area contributed by atoms with Gasteiger partial charge in [0.2, 0.25) is 0 Å². The third kappa shape index (κ3) is 1.79. The van der Waals surface area contributed by atoms with Gasteiger partial charge in [-0.2, -0.15) is 0 Å². The van der Waals surface area contributed by atoms with Crippen LogP contribution in [0.15, 0.2) is 29.6 Å². The molecule has 78 valence electrons. The fourth-order valence-electron chi connectivity index (χ4n) is 1.31. The van der Waals surface area contributed by atoms with Crippen molar-refractivity contribution in [3.8, 4) is 0 Å². The van der Waals surface area contributed by atoms with E-state index in [4.69, 9.17) is 5.73 Å². The number of nitrogens with two attached hydrogens (primary N) is 1. The molecule has 0 unspecified atom stereocenters. The predicted octanol–water partition coefficient (Wildman–Crippen LogP) is -0.365. The van der Waals surface area contributed by atoms with E-state index in [0.29, 0.717) is 24.3 Å². The van der Waals surface area contributed by atoms with E-state index < -0.39 is 0 Å². The molecule has 2 aromatic heterocycles. The highest BCUT2D eigenvalue weighted by Gasteiger charge is 2.04. The first kappa shape index (κ1) is 9.60. The van der Waals surface area contributed by atoms with Crippen molar-refractivity contribution in [3.63, 3.8) is 0 Å². The molecule has 0 aromatic carbocycles. The minimum absolute atomic E-state index is 0.221. The lowest BCUT2D eigenvalue weighted by molar-refractivity contribution is 0.833. The van der Waals surface area contributed by atoms with Gasteiger partial charge in [0.05, 0.1) is 12.7 Å². The summed E-state index contributed by atoms with van der Waals surface area (Å²) in [5.41, 5.74) is 6.05. The average molecular weight is 205 g/mol. The molecule has 0 bridgehead atoms. The zero-order valence-corrected chi connectivity index (χ0v) is 8.05. The topological polar surface area (TPSA) is 89.6 Å². The van der Waals surface area contributed by atoms with Gasteiger partial charge in [-0.1, -0.05) is 12.2 Å². The SMILES string of the molecule is NC/C=C\Cn1cnc2c(=O)[nH]cnc21. The first-order chi connectivity index (χ1) is 7.33. The molecule has 0 aliphatic rings. The number of hydrogen-bond acceptors (Lipinski definition) is 4. The number of nitrogens with one attached hydrogen (secondary N) is 1. The normalized spacial score (nSPS) is 11.5. The zero-order valence-electron chi connectivity index (χ0n) is 8.05. The Hall–Kier alpha value is -1.95. The van der Waals surface area contributed by atoms with Crippen molar-refractivity contribution in [1.29, 1.82) is 0 Å². The van der Waals surface area contributed by atoms with E-state index in [1.54, 1.807) is 10.9 Å². The average Bonchev–Trinajstić information content (AvgIpc) is 2.64. The summed E-state index contributed by atoms with van der Waals surface area (Å²) in [6.07, 6.45) is 6.71. The Morgan fingerprint density at radius 3 is 3.13 bits per heavy atom. The van der Waals surface area contributed by atoms with Crippen LogP contribution in [0, 0.1) is 0 Å². The van der Waals surface area contributed by atoms with Crippen molar-refractivity contribution < 1.29 is 0 Å². The highest BCUT2D eigenvalue weighted by molar-refractivity contribution is 5.68. The van der Waals surface area contributed by atoms with Crippen molar-refractivity contribution in [3.05, 3.63) is 35.2 Å². The third-order valence-corrected chi connectivity index (χ3v) is 2.01. The molecular weight excluding hydrogens is 194 g/mol. The van der Waals surface area contributed by atoms with Gasteiger partial charge in [-0.05, 0) is 0 Å². The molecule has 2 heterocycles. The molecule has 0 spiro atoms. The second-order valence-corrected chi connectivity index (χ2v) is 3.01. The molecule has 0 amide bonds. The highest BCUT2D eigenvalue weighted by Crippen LogP contribution is 2.03. The molecule has 0 aliphatic heterocycles. The smallest absolute Gasteiger partial charge is 0.278 e. The number of rotatable bonds is 3. The maximum atomic E-state index is 11.3. The fraction of sp³-hybridized carbons (Fsp3) is 0.222. The van der Waals surface area contributed by atoms with Crippen LogP contribution in [0.25, 0.3) is 11.2 Å². The Kier molecular flexibility index (Phi) is 2.59. The lowest BCUT2D eigenvalue weighted by Crippen LogP contribution is -2.07. The van der Waals surface area contributed by atoms with E-state index in [0.717, 1.165) is 0 Å². The maximum Gasteiger partial charge on any atom is 0.278 e. The van der Waals surface area contributed by atoms with Gasteiger partial charge >= 0.3 is 0 Å². The van der Waals surface area contributed by atoms with E-state index in [1.807, 2.05) is 12.2 Å². The minimum atomic E-state index is -0.221. The highest BCUT2D eigenvalue weighted by atomic mass is 16.1. The van der Waals surface area contributed by atoms with Gasteiger partial charge in [0.1, 0.15) is 0 Å². The summed E-state index contributed by atoms with van der Waals surface area (Å²) in [6, 6.07) is 0. The standard InChI is InChI=1S/C9H11N5O/c10-3-1-2-4-14-6-13-7-8(14)11-5-12-9(7)15/h1-2,5-6H,3-4,10H2,(H,11,12,15)/b2-1-. The molecule has 0 radical (unpaired) electrons. The van der Waals surface area contributed by atoms with Gasteiger partial charge in [0, 0.05) is 13.1 Å². The molecule has 2 aromatic rings. The summed E-state index contributed by atoms with van der Waals surface area (Å²) in [5.74, 6) is 0. The van der Waals surface area contributed by atoms with E-state index in [9.17, 15) is 4.79 Å².